The van der Waals surface area contributed by atoms with Crippen molar-refractivity contribution in [3.8, 4) is 0 Å². The molecule has 1 saturated heterocycles. The van der Waals surface area contributed by atoms with Crippen molar-refractivity contribution in [3.05, 3.63) is 22.4 Å². The Morgan fingerprint density at radius 2 is 2.05 bits per heavy atom. The summed E-state index contributed by atoms with van der Waals surface area (Å²) >= 11 is 3.37. The highest BCUT2D eigenvalue weighted by Crippen LogP contribution is 2.22. The minimum absolute atomic E-state index is 0.0144. The lowest BCUT2D eigenvalue weighted by atomic mass is 9.97. The maximum atomic E-state index is 12.4. The number of ether oxygens (including phenoxy) is 1. The average Bonchev–Trinajstić information content (AvgIpc) is 2.77. The van der Waals surface area contributed by atoms with Crippen molar-refractivity contribution in [1.82, 2.24) is 9.47 Å². The Kier molecular flexibility index (Phi) is 4.86. The normalized spacial score (nSPS) is 16.2. The van der Waals surface area contributed by atoms with E-state index in [0.29, 0.717) is 38.2 Å². The molecule has 0 bridgehead atoms. The number of carbonyl (C=O) groups excluding carboxylic acids is 2. The molecule has 1 aromatic rings. The van der Waals surface area contributed by atoms with Crippen LogP contribution in [0.2, 0.25) is 0 Å². The first kappa shape index (κ1) is 15.1. The minimum Gasteiger partial charge on any atom is -0.466 e. The Balaban J connectivity index is 1.95. The van der Waals surface area contributed by atoms with Gasteiger partial charge in [-0.05, 0) is 41.8 Å². The van der Waals surface area contributed by atoms with Crippen molar-refractivity contribution in [3.63, 3.8) is 0 Å². The Morgan fingerprint density at radius 1 is 1.40 bits per heavy atom. The third kappa shape index (κ3) is 3.23. The largest absolute Gasteiger partial charge is 0.466 e. The number of hydrogen-bond donors (Lipinski definition) is 0. The molecule has 110 valence electrons. The zero-order valence-electron chi connectivity index (χ0n) is 11.8. The average molecular weight is 343 g/mol. The quantitative estimate of drug-likeness (QED) is 0.791. The van der Waals surface area contributed by atoms with Gasteiger partial charge in [0.25, 0.3) is 5.91 Å². The van der Waals surface area contributed by atoms with Crippen LogP contribution in [0, 0.1) is 5.92 Å². The fourth-order valence-electron chi connectivity index (χ4n) is 2.48. The van der Waals surface area contributed by atoms with Gasteiger partial charge in [-0.25, -0.2) is 0 Å². The van der Waals surface area contributed by atoms with Gasteiger partial charge in [0, 0.05) is 30.8 Å². The summed E-state index contributed by atoms with van der Waals surface area (Å²) in [6.45, 7) is 3.43. The highest BCUT2D eigenvalue weighted by molar-refractivity contribution is 9.10. The van der Waals surface area contributed by atoms with Crippen LogP contribution in [0.4, 0.5) is 0 Å². The number of amides is 1. The molecule has 1 aliphatic heterocycles. The summed E-state index contributed by atoms with van der Waals surface area (Å²) in [5.41, 5.74) is 0.659. The zero-order valence-corrected chi connectivity index (χ0v) is 13.4. The Labute approximate surface area is 127 Å². The summed E-state index contributed by atoms with van der Waals surface area (Å²) < 4.78 is 7.73. The van der Waals surface area contributed by atoms with E-state index in [2.05, 4.69) is 15.9 Å². The van der Waals surface area contributed by atoms with Gasteiger partial charge in [0.15, 0.2) is 0 Å². The molecule has 2 rings (SSSR count). The number of likely N-dealkylation sites (tertiary alicyclic amines) is 1. The first-order valence-electron chi connectivity index (χ1n) is 6.80. The minimum atomic E-state index is -0.138. The topological polar surface area (TPSA) is 51.5 Å². The van der Waals surface area contributed by atoms with Crippen molar-refractivity contribution >= 4 is 27.8 Å². The molecule has 1 fully saturated rings. The van der Waals surface area contributed by atoms with E-state index in [1.165, 1.54) is 0 Å². The van der Waals surface area contributed by atoms with E-state index in [1.807, 2.05) is 30.8 Å². The lowest BCUT2D eigenvalue weighted by Crippen LogP contribution is -2.41. The second-order valence-corrected chi connectivity index (χ2v) is 5.89. The van der Waals surface area contributed by atoms with E-state index in [1.54, 1.807) is 4.90 Å². The number of hydrogen-bond acceptors (Lipinski definition) is 3. The molecule has 0 aromatic carbocycles. The molecule has 1 aliphatic rings. The third-order valence-corrected chi connectivity index (χ3v) is 4.03. The number of piperidine rings is 1. The van der Waals surface area contributed by atoms with Gasteiger partial charge in [0.05, 0.1) is 12.5 Å². The van der Waals surface area contributed by atoms with Crippen LogP contribution in [0.3, 0.4) is 0 Å². The van der Waals surface area contributed by atoms with E-state index < -0.39 is 0 Å². The molecule has 1 aromatic heterocycles. The maximum Gasteiger partial charge on any atom is 0.309 e. The number of esters is 1. The lowest BCUT2D eigenvalue weighted by molar-refractivity contribution is -0.149. The third-order valence-electron chi connectivity index (χ3n) is 3.59. The summed E-state index contributed by atoms with van der Waals surface area (Å²) in [6, 6.07) is 1.82. The van der Waals surface area contributed by atoms with Gasteiger partial charge < -0.3 is 14.2 Å². The molecule has 0 N–H and O–H groups in total. The van der Waals surface area contributed by atoms with Crippen LogP contribution in [0.1, 0.15) is 30.3 Å². The van der Waals surface area contributed by atoms with Crippen LogP contribution in [-0.2, 0) is 16.6 Å². The van der Waals surface area contributed by atoms with Crippen LogP contribution >= 0.6 is 15.9 Å². The molecular weight excluding hydrogens is 324 g/mol. The molecular formula is C14H19BrN2O3. The molecule has 6 heteroatoms. The number of aryl methyl sites for hydroxylation is 1. The van der Waals surface area contributed by atoms with Crippen LogP contribution in [-0.4, -0.2) is 41.0 Å². The van der Waals surface area contributed by atoms with Gasteiger partial charge in [-0.3, -0.25) is 9.59 Å². The van der Waals surface area contributed by atoms with Crippen LogP contribution < -0.4 is 0 Å². The predicted molar refractivity (Wildman–Crippen MR) is 78.4 cm³/mol. The first-order chi connectivity index (χ1) is 9.52. The van der Waals surface area contributed by atoms with Gasteiger partial charge in [0.2, 0.25) is 0 Å². The fraction of sp³-hybridized carbons (Fsp3) is 0.571. The molecule has 0 unspecified atom stereocenters. The second-order valence-electron chi connectivity index (χ2n) is 4.97. The predicted octanol–water partition coefficient (Wildman–Crippen LogP) is 2.20. The monoisotopic (exact) mass is 342 g/mol. The van der Waals surface area contributed by atoms with Crippen molar-refractivity contribution in [2.45, 2.75) is 19.8 Å². The van der Waals surface area contributed by atoms with Crippen LogP contribution in [0.5, 0.6) is 0 Å². The molecule has 0 aliphatic carbocycles. The van der Waals surface area contributed by atoms with Gasteiger partial charge in [0.1, 0.15) is 5.69 Å². The molecule has 1 amide bonds. The molecule has 5 nitrogen and oxygen atoms in total. The number of rotatable bonds is 3. The van der Waals surface area contributed by atoms with Gasteiger partial charge in [-0.1, -0.05) is 0 Å². The van der Waals surface area contributed by atoms with E-state index >= 15 is 0 Å². The van der Waals surface area contributed by atoms with Crippen molar-refractivity contribution in [1.29, 1.82) is 0 Å². The Hall–Kier alpha value is -1.30. The molecule has 0 radical (unpaired) electrons. The fourth-order valence-corrected chi connectivity index (χ4v) is 3.00. The summed E-state index contributed by atoms with van der Waals surface area (Å²) in [5.74, 6) is -0.194. The molecule has 0 atom stereocenters. The van der Waals surface area contributed by atoms with Crippen molar-refractivity contribution in [2.75, 3.05) is 19.7 Å². The Morgan fingerprint density at radius 3 is 2.55 bits per heavy atom. The smallest absolute Gasteiger partial charge is 0.309 e. The number of carbonyl (C=O) groups is 2. The number of halogens is 1. The van der Waals surface area contributed by atoms with E-state index in [9.17, 15) is 9.59 Å². The maximum absolute atomic E-state index is 12.4. The molecule has 2 heterocycles. The highest BCUT2D eigenvalue weighted by atomic mass is 79.9. The van der Waals surface area contributed by atoms with Gasteiger partial charge in [-0.15, -0.1) is 0 Å². The Bertz CT molecular complexity index is 505. The van der Waals surface area contributed by atoms with Gasteiger partial charge in [-0.2, -0.15) is 0 Å². The lowest BCUT2D eigenvalue weighted by Gasteiger charge is -2.30. The first-order valence-corrected chi connectivity index (χ1v) is 7.60. The number of nitrogens with zero attached hydrogens (tertiary/aromatic N) is 2. The summed E-state index contributed by atoms with van der Waals surface area (Å²) in [7, 11) is 1.85. The summed E-state index contributed by atoms with van der Waals surface area (Å²) in [4.78, 5) is 25.9. The van der Waals surface area contributed by atoms with Crippen LogP contribution in [0.25, 0.3) is 0 Å². The highest BCUT2D eigenvalue weighted by Gasteiger charge is 2.29. The van der Waals surface area contributed by atoms with Crippen molar-refractivity contribution < 1.29 is 14.3 Å². The molecule has 0 saturated carbocycles. The zero-order chi connectivity index (χ0) is 14.7. The van der Waals surface area contributed by atoms with Crippen molar-refractivity contribution in [2.24, 2.45) is 13.0 Å². The van der Waals surface area contributed by atoms with E-state index in [4.69, 9.17) is 4.74 Å². The van der Waals surface area contributed by atoms with E-state index in [0.717, 1.165) is 4.47 Å². The standard InChI is InChI=1S/C14H19BrN2O3/c1-3-20-14(19)10-4-6-17(7-5-10)13(18)12-8-11(15)9-16(12)2/h8-10H,3-7H2,1-2H3. The molecule has 20 heavy (non-hydrogen) atoms. The number of aromatic nitrogens is 1. The van der Waals surface area contributed by atoms with E-state index in [-0.39, 0.29) is 17.8 Å². The van der Waals surface area contributed by atoms with Gasteiger partial charge >= 0.3 is 5.97 Å². The van der Waals surface area contributed by atoms with Crippen LogP contribution in [0.15, 0.2) is 16.7 Å². The second kappa shape index (κ2) is 6.43. The molecule has 0 spiro atoms. The summed E-state index contributed by atoms with van der Waals surface area (Å²) in [5, 5.41) is 0. The summed E-state index contributed by atoms with van der Waals surface area (Å²) in [6.07, 6.45) is 3.21. The SMILES string of the molecule is CCOC(=O)C1CCN(C(=O)c2cc(Br)cn2C)CC1.